The molecule has 2 N–H and O–H groups in total. The maximum Gasteiger partial charge on any atom is 0.410 e. The molecule has 5 heteroatoms. The number of hydrogen-bond acceptors (Lipinski definition) is 4. The van der Waals surface area contributed by atoms with Gasteiger partial charge in [0.25, 0.3) is 0 Å². The van der Waals surface area contributed by atoms with Gasteiger partial charge in [0.1, 0.15) is 6.61 Å². The third-order valence-electron chi connectivity index (χ3n) is 3.31. The third-order valence-corrected chi connectivity index (χ3v) is 3.31. The molecule has 1 fully saturated rings. The van der Waals surface area contributed by atoms with Gasteiger partial charge < -0.3 is 20.1 Å². The molecule has 19 heavy (non-hydrogen) atoms. The van der Waals surface area contributed by atoms with Gasteiger partial charge in [-0.15, -0.1) is 0 Å². The lowest BCUT2D eigenvalue weighted by molar-refractivity contribution is 0.0593. The molecule has 2 atom stereocenters. The lowest BCUT2D eigenvalue weighted by atomic mass is 10.1. The summed E-state index contributed by atoms with van der Waals surface area (Å²) < 4.78 is 5.31. The van der Waals surface area contributed by atoms with Crippen LogP contribution in [-0.4, -0.2) is 47.9 Å². The molecule has 2 rings (SSSR count). The Bertz CT molecular complexity index is 410. The van der Waals surface area contributed by atoms with Crippen LogP contribution in [-0.2, 0) is 11.3 Å². The second-order valence-electron chi connectivity index (χ2n) is 4.83. The average Bonchev–Trinajstić information content (AvgIpc) is 2.46. The number of ether oxygens (including phenoxy) is 1. The van der Waals surface area contributed by atoms with Gasteiger partial charge in [-0.1, -0.05) is 30.3 Å². The highest BCUT2D eigenvalue weighted by atomic mass is 16.6. The quantitative estimate of drug-likeness (QED) is 0.854. The van der Waals surface area contributed by atoms with Crippen LogP contribution in [0.1, 0.15) is 12.5 Å². The van der Waals surface area contributed by atoms with E-state index < -0.39 is 0 Å². The molecule has 0 aromatic heterocycles. The first-order valence-corrected chi connectivity index (χ1v) is 6.52. The fraction of sp³-hybridized carbons (Fsp3) is 0.500. The van der Waals surface area contributed by atoms with Gasteiger partial charge in [-0.2, -0.15) is 0 Å². The zero-order chi connectivity index (χ0) is 13.7. The van der Waals surface area contributed by atoms with Gasteiger partial charge in [0.15, 0.2) is 0 Å². The minimum Gasteiger partial charge on any atom is -0.445 e. The van der Waals surface area contributed by atoms with Crippen LogP contribution >= 0.6 is 0 Å². The van der Waals surface area contributed by atoms with E-state index in [9.17, 15) is 4.79 Å². The molecule has 0 aliphatic carbocycles. The second-order valence-corrected chi connectivity index (χ2v) is 4.83. The van der Waals surface area contributed by atoms with E-state index in [4.69, 9.17) is 9.84 Å². The van der Waals surface area contributed by atoms with Crippen LogP contribution in [0.2, 0.25) is 0 Å². The predicted molar refractivity (Wildman–Crippen MR) is 71.7 cm³/mol. The molecule has 1 aliphatic rings. The van der Waals surface area contributed by atoms with E-state index in [2.05, 4.69) is 5.32 Å². The van der Waals surface area contributed by atoms with Crippen LogP contribution < -0.4 is 5.32 Å². The van der Waals surface area contributed by atoms with Crippen molar-refractivity contribution < 1.29 is 14.6 Å². The topological polar surface area (TPSA) is 61.8 Å². The lowest BCUT2D eigenvalue weighted by Crippen LogP contribution is -2.58. The number of aliphatic hydroxyl groups excluding tert-OH is 1. The first-order chi connectivity index (χ1) is 9.20. The molecular weight excluding hydrogens is 244 g/mol. The van der Waals surface area contributed by atoms with E-state index in [0.29, 0.717) is 13.1 Å². The van der Waals surface area contributed by atoms with Gasteiger partial charge in [-0.05, 0) is 12.5 Å². The summed E-state index contributed by atoms with van der Waals surface area (Å²) in [6.07, 6.45) is -0.323. The van der Waals surface area contributed by atoms with Crippen molar-refractivity contribution in [2.75, 3.05) is 19.7 Å². The zero-order valence-corrected chi connectivity index (χ0v) is 11.1. The average molecular weight is 264 g/mol. The summed E-state index contributed by atoms with van der Waals surface area (Å²) in [6, 6.07) is 9.61. The van der Waals surface area contributed by atoms with Gasteiger partial charge in [-0.25, -0.2) is 4.79 Å². The number of piperazine rings is 1. The standard InChI is InChI=1S/C14H20N2O3/c1-11-7-15-13(9-17)8-16(11)14(18)19-10-12-5-3-2-4-6-12/h2-6,11,13,15,17H,7-10H2,1H3/t11-,13+/m0/s1. The van der Waals surface area contributed by atoms with Crippen molar-refractivity contribution >= 4 is 6.09 Å². The molecule has 0 saturated carbocycles. The first kappa shape index (κ1) is 13.8. The molecule has 1 heterocycles. The van der Waals surface area contributed by atoms with Gasteiger partial charge in [0.2, 0.25) is 0 Å². The molecule has 1 amide bonds. The van der Waals surface area contributed by atoms with Crippen molar-refractivity contribution in [2.24, 2.45) is 0 Å². The molecule has 1 aromatic carbocycles. The van der Waals surface area contributed by atoms with Crippen molar-refractivity contribution in [3.8, 4) is 0 Å². The van der Waals surface area contributed by atoms with Crippen LogP contribution in [0.3, 0.4) is 0 Å². The van der Waals surface area contributed by atoms with Gasteiger partial charge in [0, 0.05) is 25.2 Å². The molecule has 1 saturated heterocycles. The zero-order valence-electron chi connectivity index (χ0n) is 11.1. The highest BCUT2D eigenvalue weighted by Crippen LogP contribution is 2.10. The van der Waals surface area contributed by atoms with Crippen LogP contribution in [0.15, 0.2) is 30.3 Å². The Hall–Kier alpha value is -1.59. The number of carbonyl (C=O) groups is 1. The summed E-state index contributed by atoms with van der Waals surface area (Å²) in [5.74, 6) is 0. The minimum absolute atomic E-state index is 0.0230. The van der Waals surface area contributed by atoms with Gasteiger partial charge in [-0.3, -0.25) is 0 Å². The highest BCUT2D eigenvalue weighted by Gasteiger charge is 2.29. The van der Waals surface area contributed by atoms with Crippen molar-refractivity contribution in [1.82, 2.24) is 10.2 Å². The number of amides is 1. The summed E-state index contributed by atoms with van der Waals surface area (Å²) in [5, 5.41) is 12.3. The Morgan fingerprint density at radius 3 is 2.89 bits per heavy atom. The molecule has 1 aliphatic heterocycles. The van der Waals surface area contributed by atoms with Gasteiger partial charge >= 0.3 is 6.09 Å². The van der Waals surface area contributed by atoms with Crippen molar-refractivity contribution in [1.29, 1.82) is 0 Å². The lowest BCUT2D eigenvalue weighted by Gasteiger charge is -2.37. The Labute approximate surface area is 113 Å². The smallest absolute Gasteiger partial charge is 0.410 e. The predicted octanol–water partition coefficient (Wildman–Crippen LogP) is 0.978. The maximum atomic E-state index is 12.0. The Balaban J connectivity index is 1.88. The van der Waals surface area contributed by atoms with E-state index in [1.807, 2.05) is 37.3 Å². The Morgan fingerprint density at radius 2 is 2.21 bits per heavy atom. The first-order valence-electron chi connectivity index (χ1n) is 6.52. The number of carbonyl (C=O) groups excluding carboxylic acids is 1. The monoisotopic (exact) mass is 264 g/mol. The molecule has 0 unspecified atom stereocenters. The SMILES string of the molecule is C[C@H]1CN[C@@H](CO)CN1C(=O)OCc1ccccc1. The van der Waals surface area contributed by atoms with E-state index >= 15 is 0 Å². The Kier molecular flexibility index (Phi) is 4.76. The normalized spacial score (nSPS) is 23.2. The summed E-state index contributed by atoms with van der Waals surface area (Å²) in [6.45, 7) is 3.41. The largest absolute Gasteiger partial charge is 0.445 e. The van der Waals surface area contributed by atoms with Crippen molar-refractivity contribution in [3.63, 3.8) is 0 Å². The van der Waals surface area contributed by atoms with E-state index in [-0.39, 0.29) is 31.4 Å². The number of nitrogens with zero attached hydrogens (tertiary/aromatic N) is 1. The van der Waals surface area contributed by atoms with Crippen LogP contribution in [0, 0.1) is 0 Å². The maximum absolute atomic E-state index is 12.0. The molecule has 0 spiro atoms. The van der Waals surface area contributed by atoms with Crippen LogP contribution in [0.25, 0.3) is 0 Å². The minimum atomic E-state index is -0.323. The number of rotatable bonds is 3. The van der Waals surface area contributed by atoms with Gasteiger partial charge in [0.05, 0.1) is 6.61 Å². The van der Waals surface area contributed by atoms with Crippen LogP contribution in [0.5, 0.6) is 0 Å². The van der Waals surface area contributed by atoms with Crippen molar-refractivity contribution in [3.05, 3.63) is 35.9 Å². The Morgan fingerprint density at radius 1 is 1.47 bits per heavy atom. The van der Waals surface area contributed by atoms with E-state index in [1.54, 1.807) is 4.90 Å². The number of aliphatic hydroxyl groups is 1. The fourth-order valence-corrected chi connectivity index (χ4v) is 2.11. The highest BCUT2D eigenvalue weighted by molar-refractivity contribution is 5.68. The second kappa shape index (κ2) is 6.54. The van der Waals surface area contributed by atoms with E-state index in [0.717, 1.165) is 5.56 Å². The summed E-state index contributed by atoms with van der Waals surface area (Å²) in [4.78, 5) is 13.7. The van der Waals surface area contributed by atoms with E-state index in [1.165, 1.54) is 0 Å². The molecular formula is C14H20N2O3. The van der Waals surface area contributed by atoms with Crippen LogP contribution in [0.4, 0.5) is 4.79 Å². The molecule has 5 nitrogen and oxygen atoms in total. The number of hydrogen-bond donors (Lipinski definition) is 2. The molecule has 0 bridgehead atoms. The molecule has 104 valence electrons. The molecule has 0 radical (unpaired) electrons. The summed E-state index contributed by atoms with van der Waals surface area (Å²) in [7, 11) is 0. The summed E-state index contributed by atoms with van der Waals surface area (Å²) in [5.41, 5.74) is 0.970. The van der Waals surface area contributed by atoms with Crippen molar-refractivity contribution in [2.45, 2.75) is 25.6 Å². The number of nitrogens with one attached hydrogen (secondary N) is 1. The fourth-order valence-electron chi connectivity index (χ4n) is 2.11. The summed E-state index contributed by atoms with van der Waals surface area (Å²) >= 11 is 0. The third kappa shape index (κ3) is 3.68. The number of benzene rings is 1. The molecule has 1 aromatic rings.